The summed E-state index contributed by atoms with van der Waals surface area (Å²) in [6, 6.07) is 8.48. The van der Waals surface area contributed by atoms with E-state index in [2.05, 4.69) is 23.5 Å². The Kier molecular flexibility index (Phi) is 7.04. The normalized spacial score (nSPS) is 17.6. The zero-order valence-electron chi connectivity index (χ0n) is 12.7. The summed E-state index contributed by atoms with van der Waals surface area (Å²) < 4.78 is 0. The molecule has 1 aromatic rings. The average Bonchev–Trinajstić information content (AvgIpc) is 2.50. The fourth-order valence-electron chi connectivity index (χ4n) is 2.76. The molecule has 0 fully saturated rings. The van der Waals surface area contributed by atoms with E-state index in [0.717, 1.165) is 25.0 Å². The Labute approximate surface area is 137 Å². The molecule has 0 spiro atoms. The number of rotatable bonds is 5. The minimum absolute atomic E-state index is 0. The summed E-state index contributed by atoms with van der Waals surface area (Å²) in [5.74, 6) is 1.16. The second kappa shape index (κ2) is 8.06. The predicted octanol–water partition coefficient (Wildman–Crippen LogP) is 3.53. The van der Waals surface area contributed by atoms with Gasteiger partial charge in [-0.2, -0.15) is 0 Å². The van der Waals surface area contributed by atoms with Crippen LogP contribution in [0.4, 0.5) is 0 Å². The van der Waals surface area contributed by atoms with Crippen LogP contribution in [0.1, 0.15) is 44.7 Å². The molecule has 0 saturated heterocycles. The Morgan fingerprint density at radius 3 is 2.67 bits per heavy atom. The zero-order chi connectivity index (χ0) is 14.6. The lowest BCUT2D eigenvalue weighted by atomic mass is 9.81. The third kappa shape index (κ3) is 3.74. The van der Waals surface area contributed by atoms with Crippen LogP contribution in [0.2, 0.25) is 0 Å². The highest BCUT2D eigenvalue weighted by molar-refractivity contribution is 7.99. The smallest absolute Gasteiger partial charge is 0.227 e. The van der Waals surface area contributed by atoms with Crippen LogP contribution >= 0.6 is 24.2 Å². The Balaban J connectivity index is 0.00000220. The van der Waals surface area contributed by atoms with Crippen LogP contribution in [-0.2, 0) is 4.79 Å². The van der Waals surface area contributed by atoms with Gasteiger partial charge in [-0.15, -0.1) is 24.2 Å². The van der Waals surface area contributed by atoms with E-state index >= 15 is 0 Å². The molecule has 0 aliphatic carbocycles. The van der Waals surface area contributed by atoms with Crippen LogP contribution in [0, 0.1) is 5.41 Å². The summed E-state index contributed by atoms with van der Waals surface area (Å²) >= 11 is 1.87. The second-order valence-electron chi connectivity index (χ2n) is 5.39. The van der Waals surface area contributed by atoms with Gasteiger partial charge in [0.25, 0.3) is 0 Å². The number of thioether (sulfide) groups is 1. The number of fused-ring (bicyclic) bond motifs is 1. The molecule has 0 saturated carbocycles. The fraction of sp³-hybridized carbons (Fsp3) is 0.562. The van der Waals surface area contributed by atoms with Crippen molar-refractivity contribution in [2.24, 2.45) is 11.1 Å². The van der Waals surface area contributed by atoms with Crippen LogP contribution in [0.3, 0.4) is 0 Å². The van der Waals surface area contributed by atoms with Gasteiger partial charge in [-0.25, -0.2) is 0 Å². The van der Waals surface area contributed by atoms with Crippen molar-refractivity contribution in [3.63, 3.8) is 0 Å². The Morgan fingerprint density at radius 2 is 2.05 bits per heavy atom. The van der Waals surface area contributed by atoms with Gasteiger partial charge in [-0.05, 0) is 30.9 Å². The third-order valence-electron chi connectivity index (χ3n) is 4.49. The maximum absolute atomic E-state index is 12.6. The molecule has 1 atom stereocenters. The first-order valence-electron chi connectivity index (χ1n) is 7.39. The lowest BCUT2D eigenvalue weighted by Gasteiger charge is -2.33. The van der Waals surface area contributed by atoms with E-state index < -0.39 is 5.41 Å². The van der Waals surface area contributed by atoms with Crippen LogP contribution in [-0.4, -0.2) is 18.2 Å². The molecule has 1 heterocycles. The Bertz CT molecular complexity index is 469. The van der Waals surface area contributed by atoms with Gasteiger partial charge in [0.15, 0.2) is 0 Å². The number of carbonyl (C=O) groups is 1. The maximum atomic E-state index is 12.6. The fourth-order valence-corrected chi connectivity index (χ4v) is 3.88. The predicted molar refractivity (Wildman–Crippen MR) is 92.0 cm³/mol. The summed E-state index contributed by atoms with van der Waals surface area (Å²) in [6.45, 7) is 4.50. The number of carbonyl (C=O) groups excluding carboxylic acids is 1. The Morgan fingerprint density at radius 1 is 1.38 bits per heavy atom. The molecular weight excluding hydrogens is 304 g/mol. The summed E-state index contributed by atoms with van der Waals surface area (Å²) in [6.07, 6.45) is 2.56. The van der Waals surface area contributed by atoms with Gasteiger partial charge >= 0.3 is 0 Å². The highest BCUT2D eigenvalue weighted by atomic mass is 35.5. The number of nitrogens with two attached hydrogens (primary N) is 1. The quantitative estimate of drug-likeness (QED) is 0.869. The molecular formula is C16H25ClN2OS. The van der Waals surface area contributed by atoms with Crippen molar-refractivity contribution in [3.8, 4) is 0 Å². The Hall–Kier alpha value is -0.710. The van der Waals surface area contributed by atoms with Gasteiger partial charge < -0.3 is 11.1 Å². The maximum Gasteiger partial charge on any atom is 0.227 e. The van der Waals surface area contributed by atoms with Gasteiger partial charge in [0, 0.05) is 17.2 Å². The SMILES string of the molecule is CCC(CC)(CN)C(=O)NC1CCSc2ccccc21.Cl. The summed E-state index contributed by atoms with van der Waals surface area (Å²) in [5, 5.41) is 3.24. The van der Waals surface area contributed by atoms with E-state index in [1.807, 2.05) is 31.7 Å². The molecule has 0 bridgehead atoms. The van der Waals surface area contributed by atoms with Gasteiger partial charge in [-0.3, -0.25) is 4.79 Å². The molecule has 0 aromatic heterocycles. The minimum Gasteiger partial charge on any atom is -0.349 e. The van der Waals surface area contributed by atoms with Gasteiger partial charge in [0.05, 0.1) is 11.5 Å². The van der Waals surface area contributed by atoms with Crippen LogP contribution in [0.5, 0.6) is 0 Å². The van der Waals surface area contributed by atoms with Crippen LogP contribution in [0.25, 0.3) is 0 Å². The highest BCUT2D eigenvalue weighted by Gasteiger charge is 2.35. The van der Waals surface area contributed by atoms with Crippen molar-refractivity contribution in [2.75, 3.05) is 12.3 Å². The monoisotopic (exact) mass is 328 g/mol. The summed E-state index contributed by atoms with van der Waals surface area (Å²) in [4.78, 5) is 13.9. The van der Waals surface area contributed by atoms with E-state index in [1.54, 1.807) is 0 Å². The molecule has 1 unspecified atom stereocenters. The van der Waals surface area contributed by atoms with Gasteiger partial charge in [0.1, 0.15) is 0 Å². The molecule has 5 heteroatoms. The molecule has 1 aliphatic heterocycles. The highest BCUT2D eigenvalue weighted by Crippen LogP contribution is 2.37. The van der Waals surface area contributed by atoms with Crippen LogP contribution < -0.4 is 11.1 Å². The van der Waals surface area contributed by atoms with Gasteiger partial charge in [-0.1, -0.05) is 32.0 Å². The van der Waals surface area contributed by atoms with Crippen LogP contribution in [0.15, 0.2) is 29.2 Å². The zero-order valence-corrected chi connectivity index (χ0v) is 14.4. The van der Waals surface area contributed by atoms with Crippen molar-refractivity contribution in [2.45, 2.75) is 44.0 Å². The first-order chi connectivity index (χ1) is 9.66. The number of amides is 1. The van der Waals surface area contributed by atoms with E-state index in [-0.39, 0.29) is 24.4 Å². The molecule has 21 heavy (non-hydrogen) atoms. The molecule has 1 amide bonds. The largest absolute Gasteiger partial charge is 0.349 e. The number of hydrogen-bond donors (Lipinski definition) is 2. The van der Waals surface area contributed by atoms with E-state index in [1.165, 1.54) is 10.5 Å². The van der Waals surface area contributed by atoms with E-state index in [0.29, 0.717) is 6.54 Å². The standard InChI is InChI=1S/C16H24N2OS.ClH/c1-3-16(4-2,11-17)15(19)18-13-9-10-20-14-8-6-5-7-12(13)14;/h5-8,13H,3-4,9-11,17H2,1-2H3,(H,18,19);1H. The molecule has 3 nitrogen and oxygen atoms in total. The molecule has 1 aromatic carbocycles. The third-order valence-corrected chi connectivity index (χ3v) is 5.61. The average molecular weight is 329 g/mol. The van der Waals surface area contributed by atoms with Crippen molar-refractivity contribution < 1.29 is 4.79 Å². The lowest BCUT2D eigenvalue weighted by molar-refractivity contribution is -0.131. The van der Waals surface area contributed by atoms with Crippen molar-refractivity contribution >= 4 is 30.1 Å². The lowest BCUT2D eigenvalue weighted by Crippen LogP contribution is -2.46. The molecule has 2 rings (SSSR count). The van der Waals surface area contributed by atoms with Crippen molar-refractivity contribution in [3.05, 3.63) is 29.8 Å². The number of nitrogens with one attached hydrogen (secondary N) is 1. The van der Waals surface area contributed by atoms with Gasteiger partial charge in [0.2, 0.25) is 5.91 Å². The molecule has 3 N–H and O–H groups in total. The molecule has 1 aliphatic rings. The van der Waals surface area contributed by atoms with Crippen molar-refractivity contribution in [1.29, 1.82) is 0 Å². The molecule has 0 radical (unpaired) electrons. The number of benzene rings is 1. The topological polar surface area (TPSA) is 55.1 Å². The van der Waals surface area contributed by atoms with Crippen molar-refractivity contribution in [1.82, 2.24) is 5.32 Å². The summed E-state index contributed by atoms with van der Waals surface area (Å²) in [5.41, 5.74) is 6.69. The first kappa shape index (κ1) is 18.3. The number of hydrogen-bond acceptors (Lipinski definition) is 3. The minimum atomic E-state index is -0.417. The van der Waals surface area contributed by atoms with E-state index in [9.17, 15) is 4.79 Å². The first-order valence-corrected chi connectivity index (χ1v) is 8.38. The number of halogens is 1. The van der Waals surface area contributed by atoms with E-state index in [4.69, 9.17) is 5.73 Å². The summed E-state index contributed by atoms with van der Waals surface area (Å²) in [7, 11) is 0. The molecule has 118 valence electrons. The second-order valence-corrected chi connectivity index (χ2v) is 6.53.